The van der Waals surface area contributed by atoms with Crippen LogP contribution < -0.4 is 0 Å². The molecule has 3 rings (SSSR count). The average Bonchev–Trinajstić information content (AvgIpc) is 2.64. The van der Waals surface area contributed by atoms with Gasteiger partial charge in [0.05, 0.1) is 12.2 Å². The summed E-state index contributed by atoms with van der Waals surface area (Å²) in [6.45, 7) is 4.68. The Labute approximate surface area is 128 Å². The Morgan fingerprint density at radius 1 is 1.05 bits per heavy atom. The molecule has 2 heteroatoms. The highest BCUT2D eigenvalue weighted by molar-refractivity contribution is 5.31. The summed E-state index contributed by atoms with van der Waals surface area (Å²) < 4.78 is 6.35. The second-order valence-electron chi connectivity index (χ2n) is 7.10. The lowest BCUT2D eigenvalue weighted by Gasteiger charge is -2.35. The number of hydrogen-bond donors (Lipinski definition) is 1. The summed E-state index contributed by atoms with van der Waals surface area (Å²) in [7, 11) is 0. The molecule has 1 aromatic rings. The van der Waals surface area contributed by atoms with Crippen molar-refractivity contribution in [3.63, 3.8) is 0 Å². The molecule has 0 radical (unpaired) electrons. The van der Waals surface area contributed by atoms with E-state index in [2.05, 4.69) is 32.0 Å². The molecule has 5 unspecified atom stereocenters. The van der Waals surface area contributed by atoms with Crippen LogP contribution in [0.5, 0.6) is 0 Å². The van der Waals surface area contributed by atoms with E-state index in [9.17, 15) is 5.11 Å². The highest BCUT2D eigenvalue weighted by Crippen LogP contribution is 2.36. The van der Waals surface area contributed by atoms with Gasteiger partial charge in [-0.15, -0.1) is 0 Å². The molecule has 2 aliphatic carbocycles. The maximum atomic E-state index is 10.7. The molecule has 0 heterocycles. The van der Waals surface area contributed by atoms with E-state index in [1.54, 1.807) is 0 Å². The summed E-state index contributed by atoms with van der Waals surface area (Å²) in [4.78, 5) is 0. The molecule has 2 aliphatic rings. The van der Waals surface area contributed by atoms with Gasteiger partial charge in [0.15, 0.2) is 0 Å². The predicted molar refractivity (Wildman–Crippen MR) is 85.2 cm³/mol. The maximum Gasteiger partial charge on any atom is 0.105 e. The van der Waals surface area contributed by atoms with Crippen LogP contribution in [0.2, 0.25) is 0 Å². The summed E-state index contributed by atoms with van der Waals surface area (Å²) in [6.07, 6.45) is 6.53. The zero-order valence-corrected chi connectivity index (χ0v) is 13.3. The van der Waals surface area contributed by atoms with Crippen molar-refractivity contribution in [3.8, 4) is 0 Å². The van der Waals surface area contributed by atoms with Crippen LogP contribution in [0, 0.1) is 11.8 Å². The smallest absolute Gasteiger partial charge is 0.105 e. The van der Waals surface area contributed by atoms with Crippen molar-refractivity contribution in [1.29, 1.82) is 0 Å². The number of fused-ring (bicyclic) bond motifs is 1. The molecule has 0 spiro atoms. The minimum atomic E-state index is -0.460. The molecule has 0 aliphatic heterocycles. The van der Waals surface area contributed by atoms with Gasteiger partial charge in [0, 0.05) is 0 Å². The predicted octanol–water partition coefficient (Wildman–Crippen LogP) is 4.27. The zero-order valence-electron chi connectivity index (χ0n) is 13.3. The summed E-state index contributed by atoms with van der Waals surface area (Å²) in [5, 5.41) is 10.7. The summed E-state index contributed by atoms with van der Waals surface area (Å²) in [5.41, 5.74) is 2.37. The molecule has 5 atom stereocenters. The average molecular weight is 288 g/mol. The highest BCUT2D eigenvalue weighted by Gasteiger charge is 2.32. The lowest BCUT2D eigenvalue weighted by Crippen LogP contribution is -2.32. The van der Waals surface area contributed by atoms with Gasteiger partial charge in [-0.05, 0) is 61.5 Å². The van der Waals surface area contributed by atoms with Gasteiger partial charge in [-0.1, -0.05) is 38.1 Å². The first-order valence-electron chi connectivity index (χ1n) is 8.56. The van der Waals surface area contributed by atoms with Crippen LogP contribution in [-0.4, -0.2) is 17.3 Å². The van der Waals surface area contributed by atoms with Crippen molar-refractivity contribution >= 4 is 0 Å². The lowest BCUT2D eigenvalue weighted by atomic mass is 9.80. The Morgan fingerprint density at radius 3 is 2.67 bits per heavy atom. The molecule has 116 valence electrons. The van der Waals surface area contributed by atoms with E-state index in [1.165, 1.54) is 12.0 Å². The molecule has 1 aromatic carbocycles. The van der Waals surface area contributed by atoms with Gasteiger partial charge in [-0.25, -0.2) is 0 Å². The van der Waals surface area contributed by atoms with Gasteiger partial charge in [0.2, 0.25) is 0 Å². The molecule has 1 N–H and O–H groups in total. The summed E-state index contributed by atoms with van der Waals surface area (Å²) in [6, 6.07) is 8.30. The molecular weight excluding hydrogens is 260 g/mol. The van der Waals surface area contributed by atoms with Crippen molar-refractivity contribution < 1.29 is 9.84 Å². The molecule has 0 bridgehead atoms. The fourth-order valence-corrected chi connectivity index (χ4v) is 3.91. The lowest BCUT2D eigenvalue weighted by molar-refractivity contribution is -0.101. The van der Waals surface area contributed by atoms with Crippen molar-refractivity contribution in [2.24, 2.45) is 11.8 Å². The quantitative estimate of drug-likeness (QED) is 0.824. The van der Waals surface area contributed by atoms with Crippen molar-refractivity contribution in [1.82, 2.24) is 0 Å². The molecule has 1 fully saturated rings. The van der Waals surface area contributed by atoms with Crippen LogP contribution in [0.3, 0.4) is 0 Å². The Bertz CT molecular complexity index is 470. The van der Waals surface area contributed by atoms with Crippen LogP contribution in [0.25, 0.3) is 0 Å². The summed E-state index contributed by atoms with van der Waals surface area (Å²) in [5.74, 6) is 1.54. The number of hydrogen-bond acceptors (Lipinski definition) is 2. The third-order valence-corrected chi connectivity index (χ3v) is 5.58. The third kappa shape index (κ3) is 3.32. The van der Waals surface area contributed by atoms with Crippen molar-refractivity contribution in [3.05, 3.63) is 35.4 Å². The highest BCUT2D eigenvalue weighted by atomic mass is 16.5. The molecule has 0 amide bonds. The van der Waals surface area contributed by atoms with E-state index in [-0.39, 0.29) is 6.10 Å². The second kappa shape index (κ2) is 6.50. The van der Waals surface area contributed by atoms with E-state index >= 15 is 0 Å². The first-order valence-corrected chi connectivity index (χ1v) is 8.56. The minimum Gasteiger partial charge on any atom is -0.386 e. The fourth-order valence-electron chi connectivity index (χ4n) is 3.91. The van der Waals surface area contributed by atoms with Crippen LogP contribution >= 0.6 is 0 Å². The number of aliphatic hydroxyl groups excluding tert-OH is 1. The van der Waals surface area contributed by atoms with Gasteiger partial charge in [0.1, 0.15) is 6.10 Å². The van der Waals surface area contributed by atoms with Crippen LogP contribution in [0.15, 0.2) is 24.3 Å². The molecule has 21 heavy (non-hydrogen) atoms. The van der Waals surface area contributed by atoms with Crippen molar-refractivity contribution in [2.75, 3.05) is 0 Å². The molecular formula is C19H28O2. The second-order valence-corrected chi connectivity index (χ2v) is 7.10. The van der Waals surface area contributed by atoms with Gasteiger partial charge in [0.25, 0.3) is 0 Å². The monoisotopic (exact) mass is 288 g/mol. The Balaban J connectivity index is 1.68. The molecule has 0 saturated heterocycles. The standard InChI is InChI=1S/C19H28O2/c1-13-10-11-16(12-14(13)2)21-18-9-5-7-15-6-3-4-8-17(15)19(18)20/h3-4,6,8,13-14,16,18-20H,5,7,9-12H2,1-2H3. The van der Waals surface area contributed by atoms with E-state index in [0.717, 1.165) is 49.5 Å². The minimum absolute atomic E-state index is 0.0285. The van der Waals surface area contributed by atoms with Gasteiger partial charge < -0.3 is 9.84 Å². The first kappa shape index (κ1) is 15.1. The zero-order chi connectivity index (χ0) is 14.8. The Kier molecular flexibility index (Phi) is 4.66. The number of aliphatic hydroxyl groups is 1. The van der Waals surface area contributed by atoms with E-state index in [4.69, 9.17) is 4.74 Å². The topological polar surface area (TPSA) is 29.5 Å². The molecule has 0 aromatic heterocycles. The Hall–Kier alpha value is -0.860. The number of aryl methyl sites for hydroxylation is 1. The normalized spacial score (nSPS) is 36.8. The van der Waals surface area contributed by atoms with Gasteiger partial charge in [-0.3, -0.25) is 0 Å². The van der Waals surface area contributed by atoms with Gasteiger partial charge >= 0.3 is 0 Å². The van der Waals surface area contributed by atoms with E-state index < -0.39 is 6.10 Å². The number of rotatable bonds is 2. The van der Waals surface area contributed by atoms with E-state index in [0.29, 0.717) is 6.10 Å². The van der Waals surface area contributed by atoms with Crippen LogP contribution in [-0.2, 0) is 11.2 Å². The number of benzene rings is 1. The fraction of sp³-hybridized carbons (Fsp3) is 0.684. The van der Waals surface area contributed by atoms with Crippen LogP contribution in [0.1, 0.15) is 63.2 Å². The molecule has 2 nitrogen and oxygen atoms in total. The number of ether oxygens (including phenoxy) is 1. The largest absolute Gasteiger partial charge is 0.386 e. The Morgan fingerprint density at radius 2 is 1.86 bits per heavy atom. The van der Waals surface area contributed by atoms with E-state index in [1.807, 2.05) is 6.07 Å². The maximum absolute atomic E-state index is 10.7. The third-order valence-electron chi connectivity index (χ3n) is 5.58. The molecule has 1 saturated carbocycles. The first-order chi connectivity index (χ1) is 10.1. The SMILES string of the molecule is CC1CCC(OC2CCCc3ccccc3C2O)CC1C. The summed E-state index contributed by atoms with van der Waals surface area (Å²) >= 11 is 0. The van der Waals surface area contributed by atoms with Gasteiger partial charge in [-0.2, -0.15) is 0 Å². The van der Waals surface area contributed by atoms with Crippen LogP contribution in [0.4, 0.5) is 0 Å². The van der Waals surface area contributed by atoms with Crippen molar-refractivity contribution in [2.45, 2.75) is 70.7 Å².